The zero-order valence-electron chi connectivity index (χ0n) is 84.9. The van der Waals surface area contributed by atoms with E-state index < -0.39 is 63.0 Å². The van der Waals surface area contributed by atoms with E-state index >= 15 is 0 Å². The van der Waals surface area contributed by atoms with Gasteiger partial charge in [-0.05, 0) is 351 Å². The third-order valence-corrected chi connectivity index (χ3v) is 36.1. The predicted molar refractivity (Wildman–Crippen MR) is 502 cm³/mol. The van der Waals surface area contributed by atoms with Crippen molar-refractivity contribution in [3.05, 3.63) is 29.8 Å². The molecule has 18 aliphatic rings. The van der Waals surface area contributed by atoms with Crippen LogP contribution in [-0.2, 0) is 107 Å². The van der Waals surface area contributed by atoms with Crippen LogP contribution in [-0.4, -0.2) is 168 Å². The molecule has 15 saturated carbocycles. The van der Waals surface area contributed by atoms with Crippen LogP contribution in [0, 0.1) is 103 Å². The van der Waals surface area contributed by atoms with E-state index in [1.54, 1.807) is 13.8 Å². The van der Waals surface area contributed by atoms with Crippen LogP contribution in [0.2, 0.25) is 0 Å². The molecule has 21 nitrogen and oxygen atoms in total. The predicted octanol–water partition coefficient (Wildman–Crippen LogP) is 21.8. The van der Waals surface area contributed by atoms with Gasteiger partial charge in [0, 0.05) is 55.0 Å². The molecule has 24 heteroatoms. The van der Waals surface area contributed by atoms with Crippen molar-refractivity contribution in [2.24, 2.45) is 103 Å². The highest BCUT2D eigenvalue weighted by Gasteiger charge is 2.66. The number of carbonyl (C=O) groups excluding carboxylic acids is 8. The molecule has 19 rings (SSSR count). The molecule has 0 amide bonds. The zero-order chi connectivity index (χ0) is 96.7. The summed E-state index contributed by atoms with van der Waals surface area (Å²) in [6, 6.07) is 9.21. The molecule has 1 aromatic rings. The van der Waals surface area contributed by atoms with E-state index in [9.17, 15) is 57.4 Å². The maximum absolute atomic E-state index is 13.3. The average molecular weight is 1870 g/mol. The van der Waals surface area contributed by atoms with Crippen LogP contribution >= 0.6 is 0 Å². The van der Waals surface area contributed by atoms with Gasteiger partial charge in [-0.1, -0.05) is 88.3 Å². The van der Waals surface area contributed by atoms with Crippen molar-refractivity contribution in [2.45, 2.75) is 434 Å². The Kier molecular flexibility index (Phi) is 35.6. The Labute approximate surface area is 788 Å². The van der Waals surface area contributed by atoms with Crippen LogP contribution in [0.3, 0.4) is 0 Å². The fraction of sp³-hybridized carbons (Fsp3) is 0.869. The molecule has 0 aromatic heterocycles. The van der Waals surface area contributed by atoms with Crippen LogP contribution in [0.4, 0.5) is 8.78 Å². The van der Waals surface area contributed by atoms with Gasteiger partial charge in [0.15, 0.2) is 17.8 Å². The molecule has 3 aliphatic heterocycles. The Hall–Kier alpha value is -5.01. The van der Waals surface area contributed by atoms with Crippen molar-refractivity contribution in [1.29, 1.82) is 0 Å². The van der Waals surface area contributed by atoms with Gasteiger partial charge in [0.1, 0.15) is 40.5 Å². The number of ether oxygens (including phenoxy) is 11. The Morgan fingerprint density at radius 3 is 1.47 bits per heavy atom. The van der Waals surface area contributed by atoms with E-state index in [2.05, 4.69) is 72.7 Å². The summed E-state index contributed by atoms with van der Waals surface area (Å²) in [4.78, 5) is 98.4. The van der Waals surface area contributed by atoms with Crippen molar-refractivity contribution in [2.75, 3.05) is 57.8 Å². The molecule has 18 fully saturated rings. The van der Waals surface area contributed by atoms with E-state index in [0.29, 0.717) is 98.8 Å². The maximum Gasteiger partial charge on any atom is 0.376 e. The lowest BCUT2D eigenvalue weighted by molar-refractivity contribution is -0.264. The standard InChI is InChI=1S/C27H44F2O6.C19H32O2.C18H26O6.C16H26O4.C14H21OS.C13H24O2/c1-6-24(3,4)22(30)33-10-8-7-9-32-19(2)34-17-26-12-20-11-21(13-26)15-27(14-20,16-26)18-35-23(31)25(5,28)29;1-6-18(4,5)17(20)21-19(12(2)3)15-8-13-7-14(10-15)11-16(19)9-13;1-4-18(2,3)17(21)22-9-14(19)24-15-11-5-10-6-12(8-11)16(20)23-13(15)7-10;1-4-13(2,3)12(17)20-16-7-11-5-14(18,9-16)8-15(19,6-11)10-16;1-14(2,3)12-4-6-13(7-5-12)16-10-8-15-9-11-16;1-5-12(3,4)11(14)15-13(6-2)9-7-8-10-13/h19-21H,6-18H2,1-5H3;12-16H,6-11H2,1-5H3;10-13,15H,4-9H2,1-3H3;11,18-19H,4-10H2,1-3H3;4-7H,8-11H2,1-3H3;5-10H2,1-4H3/q;;;;+1;. The fourth-order valence-corrected chi connectivity index (χ4v) is 26.9. The molecule has 16 bridgehead atoms. The minimum Gasteiger partial charge on any atom is -0.465 e. The van der Waals surface area contributed by atoms with E-state index in [-0.39, 0.29) is 111 Å². The highest BCUT2D eigenvalue weighted by Crippen LogP contribution is 2.67. The summed E-state index contributed by atoms with van der Waals surface area (Å²) in [6.45, 7) is 48.1. The lowest BCUT2D eigenvalue weighted by Crippen LogP contribution is -2.67. The number of rotatable bonds is 31. The Morgan fingerprint density at radius 1 is 0.496 bits per heavy atom. The summed E-state index contributed by atoms with van der Waals surface area (Å²) in [7, 11) is 0.432. The molecule has 3 heterocycles. The number of benzene rings is 1. The number of esters is 8. The van der Waals surface area contributed by atoms with Crippen LogP contribution in [0.25, 0.3) is 0 Å². The number of unbranched alkanes of at least 4 members (excludes halogenated alkanes) is 1. The third kappa shape index (κ3) is 27.1. The Morgan fingerprint density at radius 2 is 0.977 bits per heavy atom. The fourth-order valence-electron chi connectivity index (χ4n) is 25.1. The van der Waals surface area contributed by atoms with Gasteiger partial charge < -0.3 is 62.3 Å². The van der Waals surface area contributed by atoms with Gasteiger partial charge in [0.2, 0.25) is 0 Å². The molecule has 0 spiro atoms. The normalized spacial score (nSPS) is 32.9. The second-order valence-corrected chi connectivity index (χ2v) is 50.4. The SMILES string of the molecule is CC(C)(C)c1ccc([S+]2CCOCC2)cc1.CCC(C)(C)C(=O)OC1(C(C)C)C2CC3CC(C2)CC1C3.CCC(C)(C)C(=O)OC12CC3CC(O)(CC(O)(C3)C1)C2.CCC(C)(C)C(=O)OCC(=O)OC1C2CC3CC(C2)C(=O)OC1C3.CCC(C)(C)C(=O)OCCCCOC(C)OCC12CC3CC(CC(COC(=O)C(C)(F)F)(C3)C1)C2.CCC1(OC(=O)C(C)(C)CC)CCCC1. The molecular weight excluding hydrogens is 1690 g/mol. The lowest BCUT2D eigenvalue weighted by atomic mass is 9.44. The van der Waals surface area contributed by atoms with Gasteiger partial charge >= 0.3 is 53.7 Å². The van der Waals surface area contributed by atoms with E-state index in [0.717, 1.165) is 160 Å². The molecule has 15 aliphatic carbocycles. The summed E-state index contributed by atoms with van der Waals surface area (Å²) in [6.07, 6.45) is 29.4. The summed E-state index contributed by atoms with van der Waals surface area (Å²) >= 11 is 0. The van der Waals surface area contributed by atoms with Crippen molar-refractivity contribution in [3.8, 4) is 0 Å². The number of halogens is 2. The van der Waals surface area contributed by atoms with Crippen LogP contribution < -0.4 is 0 Å². The molecule has 3 saturated heterocycles. The van der Waals surface area contributed by atoms with Gasteiger partial charge in [-0.15, -0.1) is 0 Å². The first kappa shape index (κ1) is 108. The van der Waals surface area contributed by atoms with Crippen molar-refractivity contribution >= 4 is 58.6 Å². The van der Waals surface area contributed by atoms with Crippen molar-refractivity contribution in [1.82, 2.24) is 0 Å². The van der Waals surface area contributed by atoms with E-state index in [1.165, 1.54) is 73.3 Å². The number of fused-ring (bicyclic) bond motifs is 1. The first-order valence-corrected chi connectivity index (χ1v) is 52.6. The molecule has 2 N–H and O–H groups in total. The summed E-state index contributed by atoms with van der Waals surface area (Å²) in [5.41, 5.74) is -3.40. The zero-order valence-corrected chi connectivity index (χ0v) is 85.7. The number of hydrogen-bond acceptors (Lipinski definition) is 21. The molecule has 0 radical (unpaired) electrons. The molecule has 1 aromatic carbocycles. The molecule has 10 atom stereocenters. The third-order valence-electron chi connectivity index (χ3n) is 33.9. The first-order valence-electron chi connectivity index (χ1n) is 51.0. The monoisotopic (exact) mass is 1860 g/mol. The number of aliphatic hydroxyl groups is 2. The van der Waals surface area contributed by atoms with Crippen LogP contribution in [0.5, 0.6) is 0 Å². The van der Waals surface area contributed by atoms with Crippen LogP contribution in [0.15, 0.2) is 29.2 Å². The second kappa shape index (κ2) is 43.2. The number of alkyl halides is 2. The second-order valence-electron chi connectivity index (χ2n) is 48.1. The highest BCUT2D eigenvalue weighted by molar-refractivity contribution is 7.97. The largest absolute Gasteiger partial charge is 0.465 e. The van der Waals surface area contributed by atoms with Crippen molar-refractivity contribution < 1.29 is 109 Å². The highest BCUT2D eigenvalue weighted by atomic mass is 32.2. The minimum absolute atomic E-state index is 0.00310. The van der Waals surface area contributed by atoms with Gasteiger partial charge in [0.05, 0.1) is 77.2 Å². The van der Waals surface area contributed by atoms with E-state index in [1.807, 2.05) is 90.0 Å². The Balaban J connectivity index is 0.000000167. The van der Waals surface area contributed by atoms with Crippen LogP contribution in [0.1, 0.15) is 377 Å². The number of hydrogen-bond donors (Lipinski definition) is 2. The minimum atomic E-state index is -3.45. The van der Waals surface area contributed by atoms with Gasteiger partial charge in [-0.25, -0.2) is 9.59 Å². The summed E-state index contributed by atoms with van der Waals surface area (Å²) < 4.78 is 88.6. The summed E-state index contributed by atoms with van der Waals surface area (Å²) in [5, 5.41) is 21.3. The van der Waals surface area contributed by atoms with Crippen molar-refractivity contribution in [3.63, 3.8) is 0 Å². The Bertz CT molecular complexity index is 3930. The summed E-state index contributed by atoms with van der Waals surface area (Å²) in [5.74, 6) is 1.51. The van der Waals surface area contributed by atoms with Gasteiger partial charge in [-0.2, -0.15) is 8.78 Å². The molecule has 746 valence electrons. The first-order chi connectivity index (χ1) is 61.0. The number of carbonyl (C=O) groups is 8. The topological polar surface area (TPSA) is 279 Å². The molecule has 10 unspecified atom stereocenters. The smallest absolute Gasteiger partial charge is 0.376 e. The lowest BCUT2D eigenvalue weighted by Gasteiger charge is -2.62. The van der Waals surface area contributed by atoms with Gasteiger partial charge in [-0.3, -0.25) is 28.8 Å². The quantitative estimate of drug-likeness (QED) is 0.0230. The molecular formula is C107H173F2O21S+. The molecule has 131 heavy (non-hydrogen) atoms. The van der Waals surface area contributed by atoms with Gasteiger partial charge in [0.25, 0.3) is 0 Å². The maximum atomic E-state index is 13.3. The average Bonchev–Trinajstić information content (AvgIpc) is 1.19. The van der Waals surface area contributed by atoms with E-state index in [4.69, 9.17) is 52.1 Å².